The van der Waals surface area contributed by atoms with Gasteiger partial charge in [-0.1, -0.05) is 12.1 Å². The second-order valence-electron chi connectivity index (χ2n) is 7.91. The van der Waals surface area contributed by atoms with Crippen molar-refractivity contribution in [2.24, 2.45) is 0 Å². The lowest BCUT2D eigenvalue weighted by atomic mass is 9.91. The summed E-state index contributed by atoms with van der Waals surface area (Å²) in [6.45, 7) is 1.50. The maximum atomic E-state index is 14.6. The van der Waals surface area contributed by atoms with Crippen molar-refractivity contribution in [2.45, 2.75) is 44.5 Å². The van der Waals surface area contributed by atoms with Crippen LogP contribution in [-0.2, 0) is 6.18 Å². The molecule has 0 fully saturated rings. The average molecular weight is 447 g/mol. The Morgan fingerprint density at radius 3 is 2.66 bits per heavy atom. The van der Waals surface area contributed by atoms with E-state index in [2.05, 4.69) is 15.5 Å². The summed E-state index contributed by atoms with van der Waals surface area (Å²) in [4.78, 5) is 0. The number of nitrogens with one attached hydrogen (secondary N) is 1. The number of rotatable bonds is 4. The lowest BCUT2D eigenvalue weighted by Crippen LogP contribution is -2.15. The molecule has 1 aliphatic carbocycles. The normalized spacial score (nSPS) is 17.8. The predicted molar refractivity (Wildman–Crippen MR) is 112 cm³/mol. The largest absolute Gasteiger partial charge is 0.508 e. The molecule has 0 spiro atoms. The van der Waals surface area contributed by atoms with E-state index in [0.717, 1.165) is 23.6 Å². The number of nitrogens with zero attached hydrogens (tertiary/aromatic N) is 2. The Morgan fingerprint density at radius 1 is 1.19 bits per heavy atom. The number of hydrogen-bond acceptors (Lipinski definition) is 5. The Balaban J connectivity index is 1.70. The third-order valence-corrected chi connectivity index (χ3v) is 5.62. The van der Waals surface area contributed by atoms with E-state index in [4.69, 9.17) is 0 Å². The van der Waals surface area contributed by atoms with Crippen LogP contribution in [0.4, 0.5) is 23.2 Å². The zero-order chi connectivity index (χ0) is 23.0. The maximum absolute atomic E-state index is 14.6. The van der Waals surface area contributed by atoms with Crippen LogP contribution in [0.3, 0.4) is 0 Å². The topological polar surface area (TPSA) is 78.3 Å². The molecule has 5 nitrogen and oxygen atoms in total. The van der Waals surface area contributed by atoms with Gasteiger partial charge in [-0.05, 0) is 61.6 Å². The molecule has 0 radical (unpaired) electrons. The van der Waals surface area contributed by atoms with Gasteiger partial charge in [-0.25, -0.2) is 4.39 Å². The Hall–Kier alpha value is -3.20. The lowest BCUT2D eigenvalue weighted by molar-refractivity contribution is -0.140. The molecule has 1 heterocycles. The van der Waals surface area contributed by atoms with Crippen molar-refractivity contribution in [3.63, 3.8) is 0 Å². The van der Waals surface area contributed by atoms with E-state index in [1.165, 1.54) is 13.1 Å². The van der Waals surface area contributed by atoms with Gasteiger partial charge in [0.2, 0.25) is 0 Å². The molecule has 2 aromatic carbocycles. The van der Waals surface area contributed by atoms with E-state index in [-0.39, 0.29) is 11.7 Å². The summed E-state index contributed by atoms with van der Waals surface area (Å²) in [5.74, 6) is -2.11. The zero-order valence-corrected chi connectivity index (χ0v) is 17.1. The molecule has 0 amide bonds. The van der Waals surface area contributed by atoms with Crippen LogP contribution in [0.25, 0.3) is 16.5 Å². The molecule has 9 heteroatoms. The highest BCUT2D eigenvalue weighted by atomic mass is 19.4. The van der Waals surface area contributed by atoms with Crippen molar-refractivity contribution in [1.82, 2.24) is 10.2 Å². The standard InChI is InChI=1S/C23H21F4N3O2/c1-12(17-9-16(32)10-19(22(17)24)23(25,26)27)29-21-11-28-30-20-7-4-14(8-18(20)21)13-2-5-15(31)6-3-13/h2,4,7-12,15,31-32H,3,5-6H2,1H3,(H,29,30)/t12-,15?/m1/s1. The lowest BCUT2D eigenvalue weighted by Gasteiger charge is -2.21. The van der Waals surface area contributed by atoms with E-state index < -0.39 is 29.3 Å². The van der Waals surface area contributed by atoms with Crippen LogP contribution in [0.1, 0.15) is 48.9 Å². The second kappa shape index (κ2) is 8.38. The first-order valence-electron chi connectivity index (χ1n) is 10.1. The molecule has 1 aromatic heterocycles. The Labute approximate surface area is 181 Å². The molecule has 0 saturated carbocycles. The first-order chi connectivity index (χ1) is 15.1. The molecule has 4 rings (SSSR count). The Kier molecular flexibility index (Phi) is 5.77. The molecule has 0 bridgehead atoms. The molecule has 1 unspecified atom stereocenters. The van der Waals surface area contributed by atoms with Gasteiger partial charge in [-0.15, -0.1) is 0 Å². The fourth-order valence-electron chi connectivity index (χ4n) is 3.92. The highest BCUT2D eigenvalue weighted by molar-refractivity contribution is 5.93. The molecular formula is C23H21F4N3O2. The fourth-order valence-corrected chi connectivity index (χ4v) is 3.92. The highest BCUT2D eigenvalue weighted by Crippen LogP contribution is 2.38. The first-order valence-corrected chi connectivity index (χ1v) is 10.1. The number of phenolic OH excluding ortho intramolecular Hbond substituents is 1. The summed E-state index contributed by atoms with van der Waals surface area (Å²) in [6.07, 6.45) is 0.0914. The molecule has 168 valence electrons. The summed E-state index contributed by atoms with van der Waals surface area (Å²) < 4.78 is 54.1. The monoisotopic (exact) mass is 447 g/mol. The minimum atomic E-state index is -4.93. The number of aromatic hydroxyl groups is 1. The van der Waals surface area contributed by atoms with Gasteiger partial charge in [0.1, 0.15) is 11.6 Å². The van der Waals surface area contributed by atoms with Gasteiger partial charge in [0.25, 0.3) is 0 Å². The molecule has 32 heavy (non-hydrogen) atoms. The summed E-state index contributed by atoms with van der Waals surface area (Å²) in [5, 5.41) is 31.1. The van der Waals surface area contributed by atoms with Crippen molar-refractivity contribution in [1.29, 1.82) is 0 Å². The number of aliphatic hydroxyl groups excluding tert-OH is 1. The first kappa shape index (κ1) is 22.0. The van der Waals surface area contributed by atoms with Crippen molar-refractivity contribution in [2.75, 3.05) is 5.32 Å². The number of allylic oxidation sites excluding steroid dienone is 1. The summed E-state index contributed by atoms with van der Waals surface area (Å²) >= 11 is 0. The maximum Gasteiger partial charge on any atom is 0.419 e. The van der Waals surface area contributed by atoms with Gasteiger partial charge in [0, 0.05) is 10.9 Å². The smallest absolute Gasteiger partial charge is 0.419 e. The van der Waals surface area contributed by atoms with Gasteiger partial charge in [-0.3, -0.25) is 0 Å². The minimum absolute atomic E-state index is 0.317. The van der Waals surface area contributed by atoms with Crippen LogP contribution >= 0.6 is 0 Å². The second-order valence-corrected chi connectivity index (χ2v) is 7.91. The fraction of sp³-hybridized carbons (Fsp3) is 0.304. The van der Waals surface area contributed by atoms with Crippen LogP contribution in [0.15, 0.2) is 42.6 Å². The van der Waals surface area contributed by atoms with E-state index in [1.54, 1.807) is 6.07 Å². The summed E-state index contributed by atoms with van der Waals surface area (Å²) in [6, 6.07) is 6.03. The van der Waals surface area contributed by atoms with Crippen molar-refractivity contribution < 1.29 is 27.8 Å². The molecule has 2 atom stereocenters. The van der Waals surface area contributed by atoms with E-state index >= 15 is 0 Å². The van der Waals surface area contributed by atoms with Crippen LogP contribution in [0, 0.1) is 5.82 Å². The molecule has 0 saturated heterocycles. The third kappa shape index (κ3) is 4.38. The predicted octanol–water partition coefficient (Wildman–Crippen LogP) is 5.59. The molecule has 3 N–H and O–H groups in total. The van der Waals surface area contributed by atoms with E-state index in [0.29, 0.717) is 35.5 Å². The highest BCUT2D eigenvalue weighted by Gasteiger charge is 2.36. The summed E-state index contributed by atoms with van der Waals surface area (Å²) in [7, 11) is 0. The van der Waals surface area contributed by atoms with Gasteiger partial charge in [0.05, 0.1) is 35.1 Å². The quantitative estimate of drug-likeness (QED) is 0.454. The van der Waals surface area contributed by atoms with E-state index in [9.17, 15) is 27.8 Å². The summed E-state index contributed by atoms with van der Waals surface area (Å²) in [5.41, 5.74) is 1.22. The molecule has 3 aromatic rings. The van der Waals surface area contributed by atoms with Gasteiger partial charge in [-0.2, -0.15) is 23.4 Å². The zero-order valence-electron chi connectivity index (χ0n) is 17.1. The third-order valence-electron chi connectivity index (χ3n) is 5.62. The molecule has 0 aliphatic heterocycles. The van der Waals surface area contributed by atoms with Gasteiger partial charge >= 0.3 is 6.18 Å². The van der Waals surface area contributed by atoms with Crippen LogP contribution < -0.4 is 5.32 Å². The number of anilines is 1. The van der Waals surface area contributed by atoms with E-state index in [1.807, 2.05) is 18.2 Å². The average Bonchev–Trinajstić information content (AvgIpc) is 2.75. The van der Waals surface area contributed by atoms with Crippen LogP contribution in [0.5, 0.6) is 5.75 Å². The molecular weight excluding hydrogens is 426 g/mol. The van der Waals surface area contributed by atoms with Crippen LogP contribution in [-0.4, -0.2) is 26.5 Å². The van der Waals surface area contributed by atoms with Crippen molar-refractivity contribution in [3.8, 4) is 5.75 Å². The number of aromatic nitrogens is 2. The Bertz CT molecular complexity index is 1190. The van der Waals surface area contributed by atoms with Gasteiger partial charge < -0.3 is 15.5 Å². The minimum Gasteiger partial charge on any atom is -0.508 e. The van der Waals surface area contributed by atoms with Crippen LogP contribution in [0.2, 0.25) is 0 Å². The Morgan fingerprint density at radius 2 is 1.97 bits per heavy atom. The number of alkyl halides is 3. The SMILES string of the molecule is C[C@@H](Nc1cnnc2ccc(C3=CCC(O)CC3)cc12)c1cc(O)cc(C(F)(F)F)c1F. The number of benzene rings is 2. The number of fused-ring (bicyclic) bond motifs is 1. The van der Waals surface area contributed by atoms with Crippen molar-refractivity contribution >= 4 is 22.2 Å². The molecule has 1 aliphatic rings. The van der Waals surface area contributed by atoms with Crippen molar-refractivity contribution in [3.05, 3.63) is 65.1 Å². The number of phenols is 1. The number of halogens is 4. The number of aliphatic hydroxyl groups is 1. The van der Waals surface area contributed by atoms with Gasteiger partial charge in [0.15, 0.2) is 0 Å². The number of hydrogen-bond donors (Lipinski definition) is 3.